The topological polar surface area (TPSA) is 32.7 Å². The van der Waals surface area contributed by atoms with E-state index in [4.69, 9.17) is 0 Å². The number of amides is 1. The molecule has 16 heavy (non-hydrogen) atoms. The molecule has 1 heterocycles. The molecule has 0 unspecified atom stereocenters. The van der Waals surface area contributed by atoms with E-state index in [-0.39, 0.29) is 16.9 Å². The Morgan fingerprint density at radius 1 is 1.06 bits per heavy atom. The van der Waals surface area contributed by atoms with Crippen molar-refractivity contribution in [1.29, 1.82) is 0 Å². The van der Waals surface area contributed by atoms with Crippen molar-refractivity contribution in [2.75, 3.05) is 0 Å². The molecule has 0 aromatic carbocycles. The normalized spacial score (nSPS) is 21.4. The van der Waals surface area contributed by atoms with Gasteiger partial charge in [0.2, 0.25) is 0 Å². The lowest BCUT2D eigenvalue weighted by atomic mass is 9.88. The molecule has 0 radical (unpaired) electrons. The van der Waals surface area contributed by atoms with Gasteiger partial charge in [-0.05, 0) is 34.6 Å². The van der Waals surface area contributed by atoms with Gasteiger partial charge in [0.25, 0.3) is 5.91 Å². The van der Waals surface area contributed by atoms with Gasteiger partial charge in [-0.25, -0.2) is 0 Å². The van der Waals surface area contributed by atoms with Crippen LogP contribution in [-0.2, 0) is 4.79 Å². The van der Waals surface area contributed by atoms with E-state index < -0.39 is 5.54 Å². The second-order valence-electron chi connectivity index (χ2n) is 7.06. The van der Waals surface area contributed by atoms with Crippen molar-refractivity contribution >= 4 is 11.7 Å². The maximum absolute atomic E-state index is 12.0. The minimum atomic E-state index is -0.527. The summed E-state index contributed by atoms with van der Waals surface area (Å²) >= 11 is 0. The summed E-state index contributed by atoms with van der Waals surface area (Å²) in [6, 6.07) is 0. The predicted octanol–water partition coefficient (Wildman–Crippen LogP) is 2.85. The summed E-state index contributed by atoms with van der Waals surface area (Å²) in [5.74, 6) is 0.863. The fourth-order valence-electron chi connectivity index (χ4n) is 2.30. The molecule has 0 N–H and O–H groups in total. The van der Waals surface area contributed by atoms with Crippen LogP contribution in [0.15, 0.2) is 4.99 Å². The molecule has 1 rings (SSSR count). The van der Waals surface area contributed by atoms with E-state index in [0.29, 0.717) is 0 Å². The van der Waals surface area contributed by atoms with Crippen LogP contribution in [0.3, 0.4) is 0 Å². The van der Waals surface area contributed by atoms with Gasteiger partial charge in [-0.3, -0.25) is 4.79 Å². The number of nitrogens with zero attached hydrogens (tertiary/aromatic N) is 2. The summed E-state index contributed by atoms with van der Waals surface area (Å²) in [5, 5.41) is 0. The number of hydrogen-bond acceptors (Lipinski definition) is 2. The van der Waals surface area contributed by atoms with E-state index >= 15 is 0 Å². The molecule has 0 atom stereocenters. The van der Waals surface area contributed by atoms with Gasteiger partial charge in [0.1, 0.15) is 11.4 Å². The highest BCUT2D eigenvalue weighted by molar-refractivity contribution is 6.08. The minimum absolute atomic E-state index is 0.0349. The number of rotatable bonds is 0. The first-order chi connectivity index (χ1) is 6.88. The van der Waals surface area contributed by atoms with Crippen molar-refractivity contribution in [3.05, 3.63) is 0 Å². The molecule has 0 fully saturated rings. The standard InChI is InChI=1S/C13H24N2O/c1-11(2,3)9-14-10(16)13(7,8)15(9)12(4,5)6/h1-8H3. The van der Waals surface area contributed by atoms with Crippen molar-refractivity contribution in [2.24, 2.45) is 10.4 Å². The maximum atomic E-state index is 12.0. The van der Waals surface area contributed by atoms with Crippen LogP contribution in [0.1, 0.15) is 55.4 Å². The van der Waals surface area contributed by atoms with Gasteiger partial charge in [-0.15, -0.1) is 0 Å². The summed E-state index contributed by atoms with van der Waals surface area (Å²) in [6.45, 7) is 16.5. The Bertz CT molecular complexity index is 340. The van der Waals surface area contributed by atoms with Crippen LogP contribution in [0.2, 0.25) is 0 Å². The quantitative estimate of drug-likeness (QED) is 0.634. The molecular formula is C13H24N2O. The first-order valence-electron chi connectivity index (χ1n) is 5.82. The van der Waals surface area contributed by atoms with Gasteiger partial charge in [0.15, 0.2) is 0 Å². The van der Waals surface area contributed by atoms with Gasteiger partial charge in [0.05, 0.1) is 0 Å². The minimum Gasteiger partial charge on any atom is -0.340 e. The zero-order valence-electron chi connectivity index (χ0n) is 11.8. The first kappa shape index (κ1) is 13.2. The van der Waals surface area contributed by atoms with Gasteiger partial charge >= 0.3 is 0 Å². The maximum Gasteiger partial charge on any atom is 0.272 e. The zero-order valence-corrected chi connectivity index (χ0v) is 11.8. The Labute approximate surface area is 98.9 Å². The average molecular weight is 224 g/mol. The summed E-state index contributed by atoms with van der Waals surface area (Å²) in [4.78, 5) is 18.4. The van der Waals surface area contributed by atoms with Crippen LogP contribution in [0.5, 0.6) is 0 Å². The molecule has 1 aliphatic rings. The lowest BCUT2D eigenvalue weighted by molar-refractivity contribution is -0.125. The zero-order chi connectivity index (χ0) is 12.9. The van der Waals surface area contributed by atoms with Gasteiger partial charge < -0.3 is 4.90 Å². The second kappa shape index (κ2) is 3.31. The molecule has 0 saturated heterocycles. The average Bonchev–Trinajstić information content (AvgIpc) is 2.20. The molecule has 1 aliphatic heterocycles. The number of aliphatic imine (C=N–C) groups is 1. The van der Waals surface area contributed by atoms with Crippen LogP contribution >= 0.6 is 0 Å². The lowest BCUT2D eigenvalue weighted by Crippen LogP contribution is -2.58. The molecule has 3 nitrogen and oxygen atoms in total. The molecule has 92 valence electrons. The van der Waals surface area contributed by atoms with E-state index in [1.54, 1.807) is 0 Å². The highest BCUT2D eigenvalue weighted by Gasteiger charge is 2.50. The second-order valence-corrected chi connectivity index (χ2v) is 7.06. The van der Waals surface area contributed by atoms with Gasteiger partial charge in [-0.1, -0.05) is 20.8 Å². The Balaban J connectivity index is 3.30. The van der Waals surface area contributed by atoms with Crippen LogP contribution in [0, 0.1) is 5.41 Å². The third kappa shape index (κ3) is 2.00. The highest BCUT2D eigenvalue weighted by atomic mass is 16.2. The van der Waals surface area contributed by atoms with Gasteiger partial charge in [-0.2, -0.15) is 4.99 Å². The van der Waals surface area contributed by atoms with E-state index in [0.717, 1.165) is 5.84 Å². The van der Waals surface area contributed by atoms with Crippen molar-refractivity contribution in [1.82, 2.24) is 4.90 Å². The molecule has 0 saturated carbocycles. The molecule has 0 aromatic heterocycles. The molecule has 1 amide bonds. The van der Waals surface area contributed by atoms with Crippen LogP contribution in [0.4, 0.5) is 0 Å². The van der Waals surface area contributed by atoms with Gasteiger partial charge in [0, 0.05) is 11.0 Å². The van der Waals surface area contributed by atoms with Crippen molar-refractivity contribution in [3.8, 4) is 0 Å². The molecular weight excluding hydrogens is 200 g/mol. The summed E-state index contributed by atoms with van der Waals surface area (Å²) in [6.07, 6.45) is 0. The summed E-state index contributed by atoms with van der Waals surface area (Å²) in [7, 11) is 0. The molecule has 0 aliphatic carbocycles. The Morgan fingerprint density at radius 3 is 1.75 bits per heavy atom. The number of carbonyl (C=O) groups is 1. The molecule has 0 bridgehead atoms. The fourth-order valence-corrected chi connectivity index (χ4v) is 2.30. The van der Waals surface area contributed by atoms with Crippen molar-refractivity contribution in [3.63, 3.8) is 0 Å². The lowest BCUT2D eigenvalue weighted by Gasteiger charge is -2.46. The number of hydrogen-bond donors (Lipinski definition) is 0. The Hall–Kier alpha value is -0.860. The highest BCUT2D eigenvalue weighted by Crippen LogP contribution is 2.37. The van der Waals surface area contributed by atoms with E-state index in [2.05, 4.69) is 51.4 Å². The monoisotopic (exact) mass is 224 g/mol. The van der Waals surface area contributed by atoms with Crippen LogP contribution in [-0.4, -0.2) is 27.7 Å². The van der Waals surface area contributed by atoms with E-state index in [9.17, 15) is 4.79 Å². The van der Waals surface area contributed by atoms with E-state index in [1.165, 1.54) is 0 Å². The SMILES string of the molecule is CC(C)(C)C1=NC(=O)C(C)(C)N1C(C)(C)C. The van der Waals surface area contributed by atoms with Crippen molar-refractivity contribution in [2.45, 2.75) is 66.5 Å². The number of carbonyl (C=O) groups excluding carboxylic acids is 1. The molecule has 0 aromatic rings. The third-order valence-corrected chi connectivity index (χ3v) is 2.84. The summed E-state index contributed by atoms with van der Waals surface area (Å²) in [5.41, 5.74) is -0.723. The van der Waals surface area contributed by atoms with Crippen LogP contribution in [0.25, 0.3) is 0 Å². The smallest absolute Gasteiger partial charge is 0.272 e. The Kier molecular flexibility index (Phi) is 2.74. The molecule has 3 heteroatoms. The molecule has 0 spiro atoms. The third-order valence-electron chi connectivity index (χ3n) is 2.84. The fraction of sp³-hybridized carbons (Fsp3) is 0.846. The Morgan fingerprint density at radius 2 is 1.50 bits per heavy atom. The van der Waals surface area contributed by atoms with Crippen molar-refractivity contribution < 1.29 is 4.79 Å². The predicted molar refractivity (Wildman–Crippen MR) is 67.6 cm³/mol. The number of amidine groups is 1. The summed E-state index contributed by atoms with van der Waals surface area (Å²) < 4.78 is 0. The van der Waals surface area contributed by atoms with E-state index in [1.807, 2.05) is 13.8 Å². The first-order valence-corrected chi connectivity index (χ1v) is 5.82. The largest absolute Gasteiger partial charge is 0.340 e. The van der Waals surface area contributed by atoms with Crippen LogP contribution < -0.4 is 0 Å².